The van der Waals surface area contributed by atoms with Crippen LogP contribution in [0.1, 0.15) is 76.7 Å². The number of benzene rings is 4. The van der Waals surface area contributed by atoms with Gasteiger partial charge in [-0.1, -0.05) is 150 Å². The summed E-state index contributed by atoms with van der Waals surface area (Å²) in [4.78, 5) is 0. The molecule has 0 bridgehead atoms. The van der Waals surface area contributed by atoms with Gasteiger partial charge in [0.25, 0.3) is 0 Å². The van der Waals surface area contributed by atoms with Crippen molar-refractivity contribution >= 4 is 0 Å². The highest BCUT2D eigenvalue weighted by atomic mass is 19.2. The predicted molar refractivity (Wildman–Crippen MR) is 158 cm³/mol. The molecule has 0 aliphatic carbocycles. The Balaban J connectivity index is 1.25. The molecule has 0 fully saturated rings. The molecule has 0 N–H and O–H groups in total. The number of hydrogen-bond acceptors (Lipinski definition) is 0. The second-order valence-corrected chi connectivity index (χ2v) is 10.4. The van der Waals surface area contributed by atoms with E-state index in [2.05, 4.69) is 55.5 Å². The monoisotopic (exact) mass is 510 g/mol. The van der Waals surface area contributed by atoms with E-state index in [0.29, 0.717) is 5.56 Å². The quantitative estimate of drug-likeness (QED) is 0.148. The minimum absolute atomic E-state index is 0.281. The molecular weight excluding hydrogens is 470 g/mol. The SMILES string of the molecule is CCCCCCCCCCCCc1ccc(-c2ccc(-c3ccc(-c4cccc(F)c4F)cc3)cc2)cc1. The Labute approximate surface area is 227 Å². The zero-order valence-electron chi connectivity index (χ0n) is 22.7. The average Bonchev–Trinajstić information content (AvgIpc) is 2.96. The molecular formula is C36H40F2. The van der Waals surface area contributed by atoms with Crippen LogP contribution in [-0.2, 0) is 6.42 Å². The van der Waals surface area contributed by atoms with Gasteiger partial charge in [-0.05, 0) is 52.3 Å². The van der Waals surface area contributed by atoms with Gasteiger partial charge in [-0.2, -0.15) is 0 Å². The van der Waals surface area contributed by atoms with Crippen LogP contribution in [0.5, 0.6) is 0 Å². The lowest BCUT2D eigenvalue weighted by Crippen LogP contribution is -1.89. The van der Waals surface area contributed by atoms with Gasteiger partial charge >= 0.3 is 0 Å². The van der Waals surface area contributed by atoms with Crippen molar-refractivity contribution < 1.29 is 8.78 Å². The van der Waals surface area contributed by atoms with Crippen LogP contribution in [0, 0.1) is 11.6 Å². The fourth-order valence-electron chi connectivity index (χ4n) is 5.10. The minimum Gasteiger partial charge on any atom is -0.204 e. The van der Waals surface area contributed by atoms with Crippen molar-refractivity contribution in [3.63, 3.8) is 0 Å². The van der Waals surface area contributed by atoms with Crippen LogP contribution in [0.15, 0.2) is 91.0 Å². The van der Waals surface area contributed by atoms with Gasteiger partial charge in [0.2, 0.25) is 0 Å². The second kappa shape index (κ2) is 14.6. The third-order valence-corrected chi connectivity index (χ3v) is 7.47. The standard InChI is InChI=1S/C36H40F2/c1-2-3-4-5-6-7-8-9-10-11-13-28-16-18-29(19-17-28)30-20-22-31(23-21-30)32-24-26-33(27-25-32)34-14-12-15-35(37)36(34)38/h12,14-27H,2-11,13H2,1H3. The van der Waals surface area contributed by atoms with E-state index in [0.717, 1.165) is 23.6 Å². The molecule has 0 amide bonds. The number of unbranched alkanes of at least 4 members (excludes halogenated alkanes) is 9. The minimum atomic E-state index is -0.825. The van der Waals surface area contributed by atoms with Gasteiger partial charge in [-0.3, -0.25) is 0 Å². The molecule has 0 heterocycles. The molecule has 0 aliphatic rings. The van der Waals surface area contributed by atoms with Gasteiger partial charge in [-0.25, -0.2) is 8.78 Å². The fourth-order valence-corrected chi connectivity index (χ4v) is 5.10. The Kier molecular flexibility index (Phi) is 10.7. The van der Waals surface area contributed by atoms with Crippen molar-refractivity contribution in [3.05, 3.63) is 108 Å². The molecule has 0 aliphatic heterocycles. The molecule has 198 valence electrons. The molecule has 0 nitrogen and oxygen atoms in total. The Bertz CT molecular complexity index is 1240. The third kappa shape index (κ3) is 7.87. The van der Waals surface area contributed by atoms with E-state index in [1.807, 2.05) is 24.3 Å². The molecule has 38 heavy (non-hydrogen) atoms. The van der Waals surface area contributed by atoms with Crippen LogP contribution in [0.25, 0.3) is 33.4 Å². The Morgan fingerprint density at radius 3 is 1.37 bits per heavy atom. The van der Waals surface area contributed by atoms with Crippen LogP contribution < -0.4 is 0 Å². The van der Waals surface area contributed by atoms with Crippen molar-refractivity contribution in [1.82, 2.24) is 0 Å². The topological polar surface area (TPSA) is 0 Å². The van der Waals surface area contributed by atoms with E-state index in [-0.39, 0.29) is 5.56 Å². The van der Waals surface area contributed by atoms with Crippen molar-refractivity contribution in [2.24, 2.45) is 0 Å². The van der Waals surface area contributed by atoms with E-state index in [1.165, 1.54) is 87.0 Å². The fraction of sp³-hybridized carbons (Fsp3) is 0.333. The van der Waals surface area contributed by atoms with Gasteiger partial charge in [-0.15, -0.1) is 0 Å². The van der Waals surface area contributed by atoms with Crippen LogP contribution in [0.3, 0.4) is 0 Å². The first kappa shape index (κ1) is 27.8. The molecule has 0 spiro atoms. The van der Waals surface area contributed by atoms with Gasteiger partial charge in [0.1, 0.15) is 0 Å². The molecule has 4 aromatic carbocycles. The number of halogens is 2. The number of hydrogen-bond donors (Lipinski definition) is 0. The first-order valence-corrected chi connectivity index (χ1v) is 14.4. The van der Waals surface area contributed by atoms with Crippen LogP contribution in [0.2, 0.25) is 0 Å². The van der Waals surface area contributed by atoms with Crippen molar-refractivity contribution in [2.45, 2.75) is 77.6 Å². The number of rotatable bonds is 14. The summed E-state index contributed by atoms with van der Waals surface area (Å²) in [6, 6.07) is 29.4. The van der Waals surface area contributed by atoms with Crippen molar-refractivity contribution in [3.8, 4) is 33.4 Å². The van der Waals surface area contributed by atoms with E-state index in [1.54, 1.807) is 6.07 Å². The molecule has 2 heteroatoms. The van der Waals surface area contributed by atoms with E-state index in [9.17, 15) is 8.78 Å². The highest BCUT2D eigenvalue weighted by Crippen LogP contribution is 2.29. The Morgan fingerprint density at radius 2 is 0.868 bits per heavy atom. The molecule has 0 saturated carbocycles. The summed E-state index contributed by atoms with van der Waals surface area (Å²) in [6.45, 7) is 2.27. The average molecular weight is 511 g/mol. The maximum atomic E-state index is 14.1. The van der Waals surface area contributed by atoms with E-state index in [4.69, 9.17) is 0 Å². The lowest BCUT2D eigenvalue weighted by Gasteiger charge is -2.08. The van der Waals surface area contributed by atoms with Crippen LogP contribution in [0.4, 0.5) is 8.78 Å². The largest absolute Gasteiger partial charge is 0.204 e. The molecule has 4 rings (SSSR count). The van der Waals surface area contributed by atoms with E-state index >= 15 is 0 Å². The normalized spacial score (nSPS) is 11.1. The van der Waals surface area contributed by atoms with Gasteiger partial charge in [0.05, 0.1) is 0 Å². The molecule has 0 unspecified atom stereocenters. The van der Waals surface area contributed by atoms with Gasteiger partial charge < -0.3 is 0 Å². The maximum absolute atomic E-state index is 14.1. The summed E-state index contributed by atoms with van der Waals surface area (Å²) in [5, 5.41) is 0. The highest BCUT2D eigenvalue weighted by molar-refractivity contribution is 5.73. The summed E-state index contributed by atoms with van der Waals surface area (Å²) >= 11 is 0. The summed E-state index contributed by atoms with van der Waals surface area (Å²) in [5.74, 6) is -1.63. The summed E-state index contributed by atoms with van der Waals surface area (Å²) < 4.78 is 27.7. The first-order valence-electron chi connectivity index (χ1n) is 14.4. The smallest absolute Gasteiger partial charge is 0.166 e. The second-order valence-electron chi connectivity index (χ2n) is 10.4. The number of aryl methyl sites for hydroxylation is 1. The highest BCUT2D eigenvalue weighted by Gasteiger charge is 2.10. The van der Waals surface area contributed by atoms with Gasteiger partial charge in [0.15, 0.2) is 11.6 Å². The van der Waals surface area contributed by atoms with Gasteiger partial charge in [0, 0.05) is 5.56 Å². The molecule has 0 radical (unpaired) electrons. The molecule has 0 atom stereocenters. The predicted octanol–water partition coefficient (Wildman–Crippen LogP) is 11.4. The third-order valence-electron chi connectivity index (χ3n) is 7.47. The first-order chi connectivity index (χ1) is 18.7. The van der Waals surface area contributed by atoms with Crippen LogP contribution in [-0.4, -0.2) is 0 Å². The zero-order chi connectivity index (χ0) is 26.6. The molecule has 0 aromatic heterocycles. The van der Waals surface area contributed by atoms with Crippen molar-refractivity contribution in [2.75, 3.05) is 0 Å². The molecule has 4 aromatic rings. The van der Waals surface area contributed by atoms with Crippen LogP contribution >= 0.6 is 0 Å². The summed E-state index contributed by atoms with van der Waals surface area (Å²) in [6.07, 6.45) is 14.9. The lowest BCUT2D eigenvalue weighted by molar-refractivity contribution is 0.511. The summed E-state index contributed by atoms with van der Waals surface area (Å²) in [7, 11) is 0. The van der Waals surface area contributed by atoms with E-state index < -0.39 is 11.6 Å². The Hall–Kier alpha value is -3.26. The zero-order valence-corrected chi connectivity index (χ0v) is 22.7. The molecule has 0 saturated heterocycles. The van der Waals surface area contributed by atoms with Crippen molar-refractivity contribution in [1.29, 1.82) is 0 Å². The maximum Gasteiger partial charge on any atom is 0.166 e. The lowest BCUT2D eigenvalue weighted by atomic mass is 9.97. The summed E-state index contributed by atoms with van der Waals surface area (Å²) in [5.41, 5.74) is 6.92. The Morgan fingerprint density at radius 1 is 0.447 bits per heavy atom.